The minimum atomic E-state index is 1.07. The number of rotatable bonds is 11. The molecule has 0 aromatic heterocycles. The maximum Gasteiger partial charge on any atom is 0.0467 e. The van der Waals surface area contributed by atoms with Crippen LogP contribution in [0.15, 0.2) is 285 Å². The summed E-state index contributed by atoms with van der Waals surface area (Å²) in [4.78, 5) is 2.38. The van der Waals surface area contributed by atoms with Gasteiger partial charge in [0.05, 0.1) is 0 Å². The van der Waals surface area contributed by atoms with Crippen molar-refractivity contribution >= 4 is 17.1 Å². The number of anilines is 3. The van der Waals surface area contributed by atoms with E-state index in [2.05, 4.69) is 290 Å². The van der Waals surface area contributed by atoms with Crippen molar-refractivity contribution in [2.24, 2.45) is 0 Å². The summed E-state index contributed by atoms with van der Waals surface area (Å²) >= 11 is 0. The molecule has 0 bridgehead atoms. The van der Waals surface area contributed by atoms with Gasteiger partial charge in [-0.3, -0.25) is 0 Å². The van der Waals surface area contributed by atoms with Crippen LogP contribution in [0.3, 0.4) is 0 Å². The van der Waals surface area contributed by atoms with Gasteiger partial charge in [0.15, 0.2) is 0 Å². The Kier molecular flexibility index (Phi) is 11.5. The average molecular weight is 854 g/mol. The second kappa shape index (κ2) is 18.7. The van der Waals surface area contributed by atoms with Crippen LogP contribution < -0.4 is 4.90 Å². The molecule has 0 amide bonds. The van der Waals surface area contributed by atoms with E-state index < -0.39 is 0 Å². The molecule has 0 aliphatic carbocycles. The van der Waals surface area contributed by atoms with Gasteiger partial charge in [-0.25, -0.2) is 0 Å². The third kappa shape index (κ3) is 8.63. The maximum atomic E-state index is 2.38. The van der Waals surface area contributed by atoms with Gasteiger partial charge in [0, 0.05) is 17.1 Å². The fraction of sp³-hybridized carbons (Fsp3) is 0. The lowest BCUT2D eigenvalue weighted by Crippen LogP contribution is -2.10. The maximum absolute atomic E-state index is 2.38. The van der Waals surface area contributed by atoms with Gasteiger partial charge in [-0.15, -0.1) is 0 Å². The highest BCUT2D eigenvalue weighted by Gasteiger charge is 2.20. The molecular weight excluding hydrogens is 807 g/mol. The van der Waals surface area contributed by atoms with Crippen LogP contribution in [-0.2, 0) is 0 Å². The normalized spacial score (nSPS) is 11.0. The topological polar surface area (TPSA) is 3.24 Å². The molecule has 1 nitrogen and oxygen atoms in total. The van der Waals surface area contributed by atoms with E-state index in [4.69, 9.17) is 0 Å². The SMILES string of the molecule is c1ccc(-c2ccc(-c3ccc(N(c4ccc(-c5ccc(-c6ccccc6)cc5)cc4)c4cccc(-c5cccc(-c6ccccc6)c5-c5ccccc5-c5ccccc5)c4)cc3)cc2)cc1. The van der Waals surface area contributed by atoms with E-state index in [1.807, 2.05) is 0 Å². The fourth-order valence-electron chi connectivity index (χ4n) is 9.35. The summed E-state index contributed by atoms with van der Waals surface area (Å²) in [6.07, 6.45) is 0. The fourth-order valence-corrected chi connectivity index (χ4v) is 9.35. The Bertz CT molecular complexity index is 3250. The zero-order chi connectivity index (χ0) is 44.8. The van der Waals surface area contributed by atoms with Gasteiger partial charge in [0.25, 0.3) is 0 Å². The van der Waals surface area contributed by atoms with Gasteiger partial charge in [-0.05, 0) is 125 Å². The zero-order valence-corrected chi connectivity index (χ0v) is 37.1. The summed E-state index contributed by atoms with van der Waals surface area (Å²) in [5, 5.41) is 0. The molecule has 0 radical (unpaired) electrons. The van der Waals surface area contributed by atoms with E-state index in [0.29, 0.717) is 0 Å². The van der Waals surface area contributed by atoms with E-state index in [9.17, 15) is 0 Å². The molecule has 0 saturated carbocycles. The van der Waals surface area contributed by atoms with Crippen LogP contribution in [0.4, 0.5) is 17.1 Å². The minimum absolute atomic E-state index is 1.07. The van der Waals surface area contributed by atoms with Crippen LogP contribution in [-0.4, -0.2) is 0 Å². The molecule has 0 aliphatic rings. The van der Waals surface area contributed by atoms with Crippen LogP contribution >= 0.6 is 0 Å². The standard InChI is InChI=1S/C66H47N/c1-5-17-48(18-6-1)50-31-35-52(36-32-50)54-39-43-59(44-40-54)67(60-45-41-55(42-46-60)53-37-33-51(34-38-53)49-19-7-2-8-20-49)61-26-15-25-58(47-61)64-30-16-29-63(57-23-11-4-12-24-57)66(64)65-28-14-13-27-62(65)56-21-9-3-10-22-56/h1-47H. The lowest BCUT2D eigenvalue weighted by atomic mass is 9.84. The highest BCUT2D eigenvalue weighted by atomic mass is 15.1. The van der Waals surface area contributed by atoms with Crippen LogP contribution in [0.2, 0.25) is 0 Å². The first-order chi connectivity index (χ1) is 33.2. The second-order valence-corrected chi connectivity index (χ2v) is 16.9. The summed E-state index contributed by atoms with van der Waals surface area (Å²) in [5.41, 5.74) is 22.3. The van der Waals surface area contributed by atoms with Gasteiger partial charge < -0.3 is 4.90 Å². The van der Waals surface area contributed by atoms with Crippen molar-refractivity contribution in [3.63, 3.8) is 0 Å². The number of hydrogen-bond donors (Lipinski definition) is 0. The Labute approximate surface area is 394 Å². The second-order valence-electron chi connectivity index (χ2n) is 16.9. The Morgan fingerprint density at radius 3 is 0.881 bits per heavy atom. The van der Waals surface area contributed by atoms with Gasteiger partial charge in [-0.2, -0.15) is 0 Å². The molecule has 67 heavy (non-hydrogen) atoms. The molecule has 0 fully saturated rings. The van der Waals surface area contributed by atoms with Gasteiger partial charge in [0.1, 0.15) is 0 Å². The monoisotopic (exact) mass is 853 g/mol. The Morgan fingerprint density at radius 1 is 0.164 bits per heavy atom. The Morgan fingerprint density at radius 2 is 0.448 bits per heavy atom. The molecule has 0 saturated heterocycles. The molecule has 1 heteroatoms. The third-order valence-corrected chi connectivity index (χ3v) is 12.7. The Hall–Kier alpha value is -8.78. The predicted octanol–water partition coefficient (Wildman–Crippen LogP) is 18.5. The van der Waals surface area contributed by atoms with Crippen molar-refractivity contribution in [3.05, 3.63) is 285 Å². The van der Waals surface area contributed by atoms with Crippen molar-refractivity contribution < 1.29 is 0 Å². The van der Waals surface area contributed by atoms with Crippen molar-refractivity contribution in [3.8, 4) is 89.0 Å². The highest BCUT2D eigenvalue weighted by molar-refractivity contribution is 6.00. The van der Waals surface area contributed by atoms with Crippen molar-refractivity contribution in [2.45, 2.75) is 0 Å². The molecule has 0 spiro atoms. The third-order valence-electron chi connectivity index (χ3n) is 12.7. The summed E-state index contributed by atoms with van der Waals surface area (Å²) in [5.74, 6) is 0. The van der Waals surface area contributed by atoms with Crippen molar-refractivity contribution in [2.75, 3.05) is 4.90 Å². The number of benzene rings is 11. The molecule has 11 aromatic carbocycles. The first kappa shape index (κ1) is 41.0. The van der Waals surface area contributed by atoms with Gasteiger partial charge >= 0.3 is 0 Å². The van der Waals surface area contributed by atoms with E-state index in [0.717, 1.165) is 22.6 Å². The molecule has 0 N–H and O–H groups in total. The van der Waals surface area contributed by atoms with E-state index in [1.165, 1.54) is 83.5 Å². The quantitative estimate of drug-likeness (QED) is 0.125. The molecular formula is C66H47N. The summed E-state index contributed by atoms with van der Waals surface area (Å²) in [6.45, 7) is 0. The average Bonchev–Trinajstić information content (AvgIpc) is 3.42. The lowest BCUT2D eigenvalue weighted by molar-refractivity contribution is 1.28. The van der Waals surface area contributed by atoms with Gasteiger partial charge in [0.2, 0.25) is 0 Å². The number of hydrogen-bond acceptors (Lipinski definition) is 1. The molecule has 0 aliphatic heterocycles. The van der Waals surface area contributed by atoms with Crippen LogP contribution in [0.5, 0.6) is 0 Å². The highest BCUT2D eigenvalue weighted by Crippen LogP contribution is 2.46. The smallest absolute Gasteiger partial charge is 0.0467 e. The number of nitrogens with zero attached hydrogens (tertiary/aromatic N) is 1. The molecule has 0 unspecified atom stereocenters. The first-order valence-electron chi connectivity index (χ1n) is 23.0. The van der Waals surface area contributed by atoms with E-state index in [1.54, 1.807) is 0 Å². The minimum Gasteiger partial charge on any atom is -0.310 e. The summed E-state index contributed by atoms with van der Waals surface area (Å²) in [6, 6.07) is 103. The van der Waals surface area contributed by atoms with Crippen LogP contribution in [0.25, 0.3) is 89.0 Å². The van der Waals surface area contributed by atoms with E-state index in [-0.39, 0.29) is 0 Å². The van der Waals surface area contributed by atoms with Gasteiger partial charge in [-0.1, -0.05) is 249 Å². The summed E-state index contributed by atoms with van der Waals surface area (Å²) < 4.78 is 0. The van der Waals surface area contributed by atoms with Crippen LogP contribution in [0.1, 0.15) is 0 Å². The van der Waals surface area contributed by atoms with Crippen molar-refractivity contribution in [1.29, 1.82) is 0 Å². The lowest BCUT2D eigenvalue weighted by Gasteiger charge is -2.27. The molecule has 11 rings (SSSR count). The molecule has 11 aromatic rings. The summed E-state index contributed by atoms with van der Waals surface area (Å²) in [7, 11) is 0. The largest absolute Gasteiger partial charge is 0.310 e. The first-order valence-corrected chi connectivity index (χ1v) is 23.0. The molecule has 0 atom stereocenters. The molecule has 316 valence electrons. The van der Waals surface area contributed by atoms with Crippen molar-refractivity contribution in [1.82, 2.24) is 0 Å². The zero-order valence-electron chi connectivity index (χ0n) is 37.1. The molecule has 0 heterocycles. The van der Waals surface area contributed by atoms with Crippen LogP contribution in [0, 0.1) is 0 Å². The Balaban J connectivity index is 1.01. The van der Waals surface area contributed by atoms with E-state index >= 15 is 0 Å². The predicted molar refractivity (Wildman–Crippen MR) is 285 cm³/mol.